The van der Waals surface area contributed by atoms with Gasteiger partial charge >= 0.3 is 0 Å². The number of carbonyl (C=O) groups is 1. The Morgan fingerprint density at radius 3 is 2.57 bits per heavy atom. The van der Waals surface area contributed by atoms with Gasteiger partial charge in [0.25, 0.3) is 0 Å². The summed E-state index contributed by atoms with van der Waals surface area (Å²) in [6.45, 7) is 0.776. The standard InChI is InChI=1S/C22H31N3O4S/c1-29-15-9-7-14(8-10-15)24-22-25(12-13-5-3-2-4-6-13)18-19(27)17(26)11-16(21(23)28)20(18)30-22/h7-10,13,16-20,26-27H,2-6,11-12H2,1H3,(H2,23,28)/t16-,17+,18+,19-,20+/m0/s1. The number of fused-ring (bicyclic) bond motifs is 1. The molecule has 5 atom stereocenters. The van der Waals surface area contributed by atoms with Crippen LogP contribution in [0.3, 0.4) is 0 Å². The highest BCUT2D eigenvalue weighted by atomic mass is 32.2. The Labute approximate surface area is 181 Å². The van der Waals surface area contributed by atoms with E-state index < -0.39 is 24.0 Å². The van der Waals surface area contributed by atoms with Crippen molar-refractivity contribution in [1.29, 1.82) is 0 Å². The Morgan fingerprint density at radius 2 is 1.93 bits per heavy atom. The van der Waals surface area contributed by atoms with E-state index >= 15 is 0 Å². The van der Waals surface area contributed by atoms with E-state index in [1.165, 1.54) is 31.0 Å². The average molecular weight is 434 g/mol. The molecule has 1 amide bonds. The topological polar surface area (TPSA) is 108 Å². The van der Waals surface area contributed by atoms with Crippen molar-refractivity contribution in [3.05, 3.63) is 24.3 Å². The Balaban J connectivity index is 1.67. The first-order chi connectivity index (χ1) is 14.5. The van der Waals surface area contributed by atoms with Crippen LogP contribution in [0.4, 0.5) is 5.69 Å². The largest absolute Gasteiger partial charge is 0.497 e. The quantitative estimate of drug-likeness (QED) is 0.657. The van der Waals surface area contributed by atoms with Gasteiger partial charge in [0, 0.05) is 11.8 Å². The average Bonchev–Trinajstić information content (AvgIpc) is 3.09. The molecule has 1 saturated heterocycles. The molecule has 2 saturated carbocycles. The Bertz CT molecular complexity index is 781. The molecular formula is C22H31N3O4S. The van der Waals surface area contributed by atoms with Crippen LogP contribution in [0.2, 0.25) is 0 Å². The van der Waals surface area contributed by atoms with Crippen LogP contribution < -0.4 is 10.5 Å². The second-order valence-corrected chi connectivity index (χ2v) is 9.77. The summed E-state index contributed by atoms with van der Waals surface area (Å²) < 4.78 is 5.23. The molecule has 1 aromatic rings. The molecule has 2 aliphatic carbocycles. The lowest BCUT2D eigenvalue weighted by Gasteiger charge is -2.42. The first-order valence-corrected chi connectivity index (χ1v) is 11.7. The lowest BCUT2D eigenvalue weighted by atomic mass is 9.79. The van der Waals surface area contributed by atoms with Gasteiger partial charge in [-0.2, -0.15) is 0 Å². The van der Waals surface area contributed by atoms with Crippen molar-refractivity contribution >= 4 is 28.5 Å². The number of hydrogen-bond acceptors (Lipinski definition) is 6. The van der Waals surface area contributed by atoms with Crippen LogP contribution >= 0.6 is 11.8 Å². The fraction of sp³-hybridized carbons (Fsp3) is 0.636. The van der Waals surface area contributed by atoms with E-state index in [4.69, 9.17) is 15.5 Å². The zero-order valence-electron chi connectivity index (χ0n) is 17.3. The van der Waals surface area contributed by atoms with Crippen molar-refractivity contribution in [2.24, 2.45) is 22.6 Å². The van der Waals surface area contributed by atoms with Crippen molar-refractivity contribution in [3.63, 3.8) is 0 Å². The van der Waals surface area contributed by atoms with E-state index in [1.807, 2.05) is 24.3 Å². The summed E-state index contributed by atoms with van der Waals surface area (Å²) in [5, 5.41) is 21.9. The molecule has 1 aromatic carbocycles. The number of aliphatic imine (C=N–C) groups is 1. The molecule has 3 aliphatic rings. The summed E-state index contributed by atoms with van der Waals surface area (Å²) in [6, 6.07) is 7.15. The van der Waals surface area contributed by atoms with E-state index in [-0.39, 0.29) is 17.7 Å². The third-order valence-electron chi connectivity index (χ3n) is 6.66. The van der Waals surface area contributed by atoms with Gasteiger partial charge in [0.15, 0.2) is 5.17 Å². The van der Waals surface area contributed by atoms with E-state index in [2.05, 4.69) is 4.90 Å². The fourth-order valence-electron chi connectivity index (χ4n) is 5.01. The van der Waals surface area contributed by atoms with Crippen LogP contribution in [0.5, 0.6) is 5.75 Å². The number of ether oxygens (including phenoxy) is 1. The van der Waals surface area contributed by atoms with Gasteiger partial charge in [0.05, 0.1) is 30.9 Å². The molecule has 1 aliphatic heterocycles. The predicted molar refractivity (Wildman–Crippen MR) is 118 cm³/mol. The number of thioether (sulfide) groups is 1. The molecule has 0 bridgehead atoms. The van der Waals surface area contributed by atoms with Crippen molar-refractivity contribution < 1.29 is 19.7 Å². The minimum Gasteiger partial charge on any atom is -0.497 e. The van der Waals surface area contributed by atoms with Gasteiger partial charge in [-0.25, -0.2) is 4.99 Å². The molecule has 7 nitrogen and oxygen atoms in total. The smallest absolute Gasteiger partial charge is 0.221 e. The fourth-order valence-corrected chi connectivity index (χ4v) is 6.60. The van der Waals surface area contributed by atoms with Gasteiger partial charge < -0.3 is 25.6 Å². The van der Waals surface area contributed by atoms with Crippen molar-refractivity contribution in [2.75, 3.05) is 13.7 Å². The molecule has 3 fully saturated rings. The van der Waals surface area contributed by atoms with E-state index in [0.717, 1.165) is 36.0 Å². The molecule has 4 N–H and O–H groups in total. The lowest BCUT2D eigenvalue weighted by molar-refractivity contribution is -0.128. The minimum absolute atomic E-state index is 0.192. The van der Waals surface area contributed by atoms with Crippen molar-refractivity contribution in [3.8, 4) is 5.75 Å². The van der Waals surface area contributed by atoms with Gasteiger partial charge in [0.2, 0.25) is 5.91 Å². The molecular weight excluding hydrogens is 402 g/mol. The highest BCUT2D eigenvalue weighted by molar-refractivity contribution is 8.14. The second-order valence-electron chi connectivity index (χ2n) is 8.62. The number of amides is 1. The molecule has 8 heteroatoms. The number of nitrogens with zero attached hydrogens (tertiary/aromatic N) is 2. The lowest BCUT2D eigenvalue weighted by Crippen LogP contribution is -2.59. The second kappa shape index (κ2) is 9.16. The summed E-state index contributed by atoms with van der Waals surface area (Å²) in [4.78, 5) is 19.1. The predicted octanol–water partition coefficient (Wildman–Crippen LogP) is 2.28. The van der Waals surface area contributed by atoms with Gasteiger partial charge in [-0.1, -0.05) is 31.0 Å². The maximum Gasteiger partial charge on any atom is 0.221 e. The van der Waals surface area contributed by atoms with Crippen LogP contribution in [-0.4, -0.2) is 63.3 Å². The number of amidine groups is 1. The molecule has 0 radical (unpaired) electrons. The van der Waals surface area contributed by atoms with E-state index in [1.54, 1.807) is 7.11 Å². The van der Waals surface area contributed by atoms with Gasteiger partial charge in [-0.05, 0) is 49.4 Å². The number of nitrogens with two attached hydrogens (primary N) is 1. The van der Waals surface area contributed by atoms with E-state index in [0.29, 0.717) is 5.92 Å². The number of aliphatic hydroxyl groups is 2. The maximum absolute atomic E-state index is 12.1. The number of benzene rings is 1. The van der Waals surface area contributed by atoms with Crippen LogP contribution in [0.1, 0.15) is 38.5 Å². The monoisotopic (exact) mass is 433 g/mol. The molecule has 30 heavy (non-hydrogen) atoms. The third-order valence-corrected chi connectivity index (χ3v) is 8.08. The Kier molecular flexibility index (Phi) is 6.55. The molecule has 164 valence electrons. The molecule has 1 heterocycles. The number of aliphatic hydroxyl groups excluding tert-OH is 2. The number of methoxy groups -OCH3 is 1. The van der Waals surface area contributed by atoms with E-state index in [9.17, 15) is 15.0 Å². The van der Waals surface area contributed by atoms with Crippen molar-refractivity contribution in [1.82, 2.24) is 4.90 Å². The molecule has 4 rings (SSSR count). The molecule has 0 unspecified atom stereocenters. The summed E-state index contributed by atoms with van der Waals surface area (Å²) >= 11 is 1.51. The number of hydrogen-bond donors (Lipinski definition) is 3. The summed E-state index contributed by atoms with van der Waals surface area (Å²) in [7, 11) is 1.63. The first kappa shape index (κ1) is 21.5. The zero-order chi connectivity index (χ0) is 21.3. The van der Waals surface area contributed by atoms with Crippen LogP contribution in [-0.2, 0) is 4.79 Å². The normalized spacial score (nSPS) is 33.5. The summed E-state index contributed by atoms with van der Waals surface area (Å²) in [5.74, 6) is 0.373. The number of carbonyl (C=O) groups excluding carboxylic acids is 1. The van der Waals surface area contributed by atoms with Crippen LogP contribution in [0.25, 0.3) is 0 Å². The van der Waals surface area contributed by atoms with Crippen LogP contribution in [0, 0.1) is 11.8 Å². The summed E-state index contributed by atoms with van der Waals surface area (Å²) in [5.41, 5.74) is 6.46. The molecule has 0 aromatic heterocycles. The van der Waals surface area contributed by atoms with Crippen molar-refractivity contribution in [2.45, 2.75) is 62.0 Å². The minimum atomic E-state index is -0.960. The third kappa shape index (κ3) is 4.31. The van der Waals surface area contributed by atoms with Gasteiger partial charge in [-0.15, -0.1) is 0 Å². The SMILES string of the molecule is COc1ccc(N=C2S[C@H]3[C@@H]([C@@H](O)[C@H](O)C[C@@H]3C(N)=O)N2CC2CCCCC2)cc1. The van der Waals surface area contributed by atoms with Gasteiger partial charge in [-0.3, -0.25) is 4.79 Å². The summed E-state index contributed by atoms with van der Waals surface area (Å²) in [6.07, 6.45) is 4.34. The Hall–Kier alpha value is -1.77. The Morgan fingerprint density at radius 1 is 1.23 bits per heavy atom. The highest BCUT2D eigenvalue weighted by Crippen LogP contribution is 2.45. The van der Waals surface area contributed by atoms with Crippen LogP contribution in [0.15, 0.2) is 29.3 Å². The zero-order valence-corrected chi connectivity index (χ0v) is 18.1. The number of primary amides is 1. The number of rotatable bonds is 5. The maximum atomic E-state index is 12.1. The highest BCUT2D eigenvalue weighted by Gasteiger charge is 2.54. The molecule has 0 spiro atoms. The van der Waals surface area contributed by atoms with Gasteiger partial charge in [0.1, 0.15) is 11.9 Å². The first-order valence-electron chi connectivity index (χ1n) is 10.8.